The maximum atomic E-state index is 12.4. The fourth-order valence-corrected chi connectivity index (χ4v) is 3.91. The summed E-state index contributed by atoms with van der Waals surface area (Å²) in [4.78, 5) is 33.9. The molecule has 2 aromatic heterocycles. The van der Waals surface area contributed by atoms with Gasteiger partial charge in [0.2, 0.25) is 16.9 Å². The first-order chi connectivity index (χ1) is 13.1. The van der Waals surface area contributed by atoms with Crippen LogP contribution in [0.1, 0.15) is 23.7 Å². The van der Waals surface area contributed by atoms with E-state index in [0.717, 1.165) is 34.7 Å². The Bertz CT molecular complexity index is 948. The highest BCUT2D eigenvalue weighted by atomic mass is 32.1. The number of aryl methyl sites for hydroxylation is 2. The van der Waals surface area contributed by atoms with Crippen LogP contribution in [-0.2, 0) is 16.0 Å². The van der Waals surface area contributed by atoms with Gasteiger partial charge in [0.15, 0.2) is 0 Å². The van der Waals surface area contributed by atoms with Crippen molar-refractivity contribution in [3.8, 4) is 0 Å². The van der Waals surface area contributed by atoms with Crippen molar-refractivity contribution in [2.45, 2.75) is 26.2 Å². The number of nitrogens with one attached hydrogen (secondary N) is 2. The Kier molecular flexibility index (Phi) is 4.85. The van der Waals surface area contributed by atoms with Crippen LogP contribution in [0.4, 0.5) is 5.13 Å². The summed E-state index contributed by atoms with van der Waals surface area (Å²) in [6, 6.07) is 7.90. The summed E-state index contributed by atoms with van der Waals surface area (Å²) >= 11 is 1.36. The Labute approximate surface area is 160 Å². The summed E-state index contributed by atoms with van der Waals surface area (Å²) < 4.78 is 0. The molecule has 3 heterocycles. The van der Waals surface area contributed by atoms with Gasteiger partial charge >= 0.3 is 0 Å². The minimum atomic E-state index is -0.340. The number of benzene rings is 1. The number of hydrogen-bond acceptors (Lipinski definition) is 6. The fraction of sp³-hybridized carbons (Fsp3) is 0.389. The van der Waals surface area contributed by atoms with E-state index in [1.807, 2.05) is 31.2 Å². The number of rotatable bonds is 6. The summed E-state index contributed by atoms with van der Waals surface area (Å²) in [6.07, 6.45) is 1.76. The van der Waals surface area contributed by atoms with Crippen molar-refractivity contribution in [2.24, 2.45) is 5.92 Å². The number of aromatic nitrogens is 4. The molecule has 8 nitrogen and oxygen atoms in total. The molecule has 0 aliphatic carbocycles. The number of imidazole rings is 1. The molecule has 0 bridgehead atoms. The zero-order valence-electron chi connectivity index (χ0n) is 14.9. The predicted octanol–water partition coefficient (Wildman–Crippen LogP) is 1.82. The first-order valence-electron chi connectivity index (χ1n) is 8.92. The second-order valence-electron chi connectivity index (χ2n) is 6.60. The molecule has 140 valence electrons. The van der Waals surface area contributed by atoms with E-state index >= 15 is 0 Å². The minimum Gasteiger partial charge on any atom is -0.356 e. The zero-order valence-corrected chi connectivity index (χ0v) is 15.8. The largest absolute Gasteiger partial charge is 0.356 e. The molecule has 9 heteroatoms. The SMILES string of the molecule is Cc1nnc(N2CC(C(=O)NCCCc3nc4ccccc4[nH]3)CC2=O)s1. The van der Waals surface area contributed by atoms with Crippen LogP contribution in [0.2, 0.25) is 0 Å². The highest BCUT2D eigenvalue weighted by Crippen LogP contribution is 2.27. The van der Waals surface area contributed by atoms with Crippen LogP contribution in [0, 0.1) is 12.8 Å². The van der Waals surface area contributed by atoms with Crippen molar-refractivity contribution in [1.82, 2.24) is 25.5 Å². The summed E-state index contributed by atoms with van der Waals surface area (Å²) in [7, 11) is 0. The number of H-pyrrole nitrogens is 1. The standard InChI is InChI=1S/C18H20N6O2S/c1-11-22-23-18(27-11)24-10-12(9-16(24)25)17(26)19-8-4-7-15-20-13-5-2-3-6-14(13)21-15/h2-3,5-6,12H,4,7-10H2,1H3,(H,19,26)(H,20,21). The van der Waals surface area contributed by atoms with Gasteiger partial charge in [0.25, 0.3) is 0 Å². The average Bonchev–Trinajstić information content (AvgIpc) is 3.36. The van der Waals surface area contributed by atoms with E-state index < -0.39 is 0 Å². The summed E-state index contributed by atoms with van der Waals surface area (Å²) in [5, 5.41) is 12.2. The molecule has 1 aromatic carbocycles. The van der Waals surface area contributed by atoms with Gasteiger partial charge in [0, 0.05) is 25.9 Å². The number of carbonyl (C=O) groups excluding carboxylic acids is 2. The van der Waals surface area contributed by atoms with Crippen molar-refractivity contribution in [3.63, 3.8) is 0 Å². The number of carbonyl (C=O) groups is 2. The molecule has 1 fully saturated rings. The lowest BCUT2D eigenvalue weighted by atomic mass is 10.1. The van der Waals surface area contributed by atoms with E-state index in [-0.39, 0.29) is 24.2 Å². The van der Waals surface area contributed by atoms with Crippen molar-refractivity contribution in [3.05, 3.63) is 35.1 Å². The summed E-state index contributed by atoms with van der Waals surface area (Å²) in [5.41, 5.74) is 1.97. The van der Waals surface area contributed by atoms with Gasteiger partial charge in [0.1, 0.15) is 10.8 Å². The molecule has 2 N–H and O–H groups in total. The van der Waals surface area contributed by atoms with Crippen LogP contribution >= 0.6 is 11.3 Å². The van der Waals surface area contributed by atoms with Crippen molar-refractivity contribution >= 4 is 39.3 Å². The molecule has 1 aliphatic rings. The summed E-state index contributed by atoms with van der Waals surface area (Å²) in [6.45, 7) is 2.76. The molecule has 1 atom stereocenters. The van der Waals surface area contributed by atoms with Crippen LogP contribution in [0.25, 0.3) is 11.0 Å². The van der Waals surface area contributed by atoms with Gasteiger partial charge in [-0.25, -0.2) is 4.98 Å². The highest BCUT2D eigenvalue weighted by molar-refractivity contribution is 7.15. The van der Waals surface area contributed by atoms with Gasteiger partial charge in [-0.3, -0.25) is 14.5 Å². The molecule has 1 saturated heterocycles. The van der Waals surface area contributed by atoms with Crippen LogP contribution in [-0.4, -0.2) is 45.1 Å². The Morgan fingerprint density at radius 3 is 3.00 bits per heavy atom. The zero-order chi connectivity index (χ0) is 18.8. The van der Waals surface area contributed by atoms with Gasteiger partial charge in [-0.1, -0.05) is 23.5 Å². The van der Waals surface area contributed by atoms with Gasteiger partial charge in [-0.2, -0.15) is 0 Å². The topological polar surface area (TPSA) is 104 Å². The molecule has 2 amide bonds. The molecule has 3 aromatic rings. The van der Waals surface area contributed by atoms with Crippen molar-refractivity contribution in [2.75, 3.05) is 18.0 Å². The Balaban J connectivity index is 1.25. The second-order valence-corrected chi connectivity index (χ2v) is 7.76. The average molecular weight is 384 g/mol. The van der Waals surface area contributed by atoms with Crippen molar-refractivity contribution in [1.29, 1.82) is 0 Å². The third-order valence-corrected chi connectivity index (χ3v) is 5.43. The normalized spacial score (nSPS) is 17.0. The lowest BCUT2D eigenvalue weighted by Crippen LogP contribution is -2.33. The van der Waals surface area contributed by atoms with E-state index in [9.17, 15) is 9.59 Å². The summed E-state index contributed by atoms with van der Waals surface area (Å²) in [5.74, 6) is 0.414. The van der Waals surface area contributed by atoms with Crippen LogP contribution in [0.3, 0.4) is 0 Å². The van der Waals surface area contributed by atoms with E-state index in [0.29, 0.717) is 18.2 Å². The molecule has 0 spiro atoms. The number of hydrogen-bond donors (Lipinski definition) is 2. The number of amides is 2. The first-order valence-corrected chi connectivity index (χ1v) is 9.73. The third-order valence-electron chi connectivity index (χ3n) is 4.57. The number of nitrogens with zero attached hydrogens (tertiary/aromatic N) is 4. The van der Waals surface area contributed by atoms with Gasteiger partial charge in [0.05, 0.1) is 17.0 Å². The monoisotopic (exact) mass is 384 g/mol. The maximum absolute atomic E-state index is 12.4. The third kappa shape index (κ3) is 3.82. The molecule has 0 radical (unpaired) electrons. The second kappa shape index (κ2) is 7.43. The molecule has 4 rings (SSSR count). The van der Waals surface area contributed by atoms with E-state index in [1.165, 1.54) is 11.3 Å². The molecule has 27 heavy (non-hydrogen) atoms. The van der Waals surface area contributed by atoms with E-state index in [4.69, 9.17) is 0 Å². The number of aromatic amines is 1. The maximum Gasteiger partial charge on any atom is 0.229 e. The first kappa shape index (κ1) is 17.6. The molecule has 1 aliphatic heterocycles. The molecule has 0 saturated carbocycles. The van der Waals surface area contributed by atoms with E-state index in [2.05, 4.69) is 25.5 Å². The number of fused-ring (bicyclic) bond motifs is 1. The smallest absolute Gasteiger partial charge is 0.229 e. The Morgan fingerprint density at radius 1 is 1.37 bits per heavy atom. The van der Waals surface area contributed by atoms with Crippen LogP contribution in [0.5, 0.6) is 0 Å². The van der Waals surface area contributed by atoms with Crippen molar-refractivity contribution < 1.29 is 9.59 Å². The molecule has 1 unspecified atom stereocenters. The van der Waals surface area contributed by atoms with Gasteiger partial charge in [-0.15, -0.1) is 10.2 Å². The number of anilines is 1. The fourth-order valence-electron chi connectivity index (χ4n) is 3.20. The predicted molar refractivity (Wildman–Crippen MR) is 103 cm³/mol. The van der Waals surface area contributed by atoms with Gasteiger partial charge < -0.3 is 10.3 Å². The lowest BCUT2D eigenvalue weighted by Gasteiger charge is -2.12. The lowest BCUT2D eigenvalue weighted by molar-refractivity contribution is -0.126. The van der Waals surface area contributed by atoms with Crippen LogP contribution in [0.15, 0.2) is 24.3 Å². The minimum absolute atomic E-state index is 0.0754. The number of para-hydroxylation sites is 2. The molecular weight excluding hydrogens is 364 g/mol. The Hall–Kier alpha value is -2.81. The molecular formula is C18H20N6O2S. The van der Waals surface area contributed by atoms with Gasteiger partial charge in [-0.05, 0) is 25.5 Å². The quantitative estimate of drug-likeness (QED) is 0.631. The van der Waals surface area contributed by atoms with Crippen LogP contribution < -0.4 is 10.2 Å². The van der Waals surface area contributed by atoms with E-state index in [1.54, 1.807) is 4.90 Å². The highest BCUT2D eigenvalue weighted by Gasteiger charge is 2.36. The Morgan fingerprint density at radius 2 is 2.22 bits per heavy atom.